The summed E-state index contributed by atoms with van der Waals surface area (Å²) in [6.07, 6.45) is 4.16. The van der Waals surface area contributed by atoms with Crippen LogP contribution in [0.5, 0.6) is 0 Å². The van der Waals surface area contributed by atoms with Crippen LogP contribution in [0.15, 0.2) is 18.3 Å². The Bertz CT molecular complexity index is 432. The van der Waals surface area contributed by atoms with Crippen LogP contribution in [0, 0.1) is 5.92 Å². The first-order valence-corrected chi connectivity index (χ1v) is 6.59. The second-order valence-corrected chi connectivity index (χ2v) is 5.11. The maximum Gasteiger partial charge on any atom is 0.354 e. The molecule has 2 rings (SSSR count). The minimum atomic E-state index is -0.989. The molecule has 1 aromatic rings. The number of rotatable bonds is 8. The molecular formula is C14H20N2O3. The molecule has 19 heavy (non-hydrogen) atoms. The van der Waals surface area contributed by atoms with Crippen molar-refractivity contribution in [3.8, 4) is 0 Å². The van der Waals surface area contributed by atoms with Crippen LogP contribution >= 0.6 is 0 Å². The van der Waals surface area contributed by atoms with Gasteiger partial charge in [0.2, 0.25) is 0 Å². The summed E-state index contributed by atoms with van der Waals surface area (Å²) in [5, 5.41) is 8.88. The molecule has 1 heterocycles. The van der Waals surface area contributed by atoms with Gasteiger partial charge in [-0.3, -0.25) is 4.90 Å². The van der Waals surface area contributed by atoms with Gasteiger partial charge in [0, 0.05) is 25.9 Å². The van der Waals surface area contributed by atoms with E-state index in [4.69, 9.17) is 9.84 Å². The summed E-state index contributed by atoms with van der Waals surface area (Å²) in [4.78, 5) is 16.7. The normalized spacial score (nSPS) is 14.8. The molecular weight excluding hydrogens is 244 g/mol. The fraction of sp³-hybridized carbons (Fsp3) is 0.571. The van der Waals surface area contributed by atoms with Crippen LogP contribution in [0.1, 0.15) is 28.9 Å². The molecule has 104 valence electrons. The van der Waals surface area contributed by atoms with Crippen molar-refractivity contribution in [2.45, 2.75) is 19.4 Å². The van der Waals surface area contributed by atoms with Crippen LogP contribution in [0.2, 0.25) is 0 Å². The third-order valence-corrected chi connectivity index (χ3v) is 3.16. The topological polar surface area (TPSA) is 62.7 Å². The molecule has 1 aliphatic rings. The molecule has 0 radical (unpaired) electrons. The maximum atomic E-state index is 10.8. The van der Waals surface area contributed by atoms with Gasteiger partial charge in [-0.05, 0) is 43.5 Å². The molecule has 0 aliphatic heterocycles. The van der Waals surface area contributed by atoms with Gasteiger partial charge in [0.1, 0.15) is 5.69 Å². The van der Waals surface area contributed by atoms with E-state index in [1.165, 1.54) is 19.0 Å². The molecule has 0 unspecified atom stereocenters. The van der Waals surface area contributed by atoms with Gasteiger partial charge in [0.15, 0.2) is 0 Å². The Morgan fingerprint density at radius 1 is 1.58 bits per heavy atom. The Kier molecular flexibility index (Phi) is 4.87. The Morgan fingerprint density at radius 2 is 2.37 bits per heavy atom. The number of hydrogen-bond donors (Lipinski definition) is 1. The Balaban J connectivity index is 1.72. The number of ether oxygens (including phenoxy) is 1. The zero-order chi connectivity index (χ0) is 13.7. The largest absolute Gasteiger partial charge is 0.477 e. The molecule has 1 aromatic heterocycles. The molecule has 0 atom stereocenters. The second kappa shape index (κ2) is 6.63. The molecule has 0 bridgehead atoms. The summed E-state index contributed by atoms with van der Waals surface area (Å²) >= 11 is 0. The summed E-state index contributed by atoms with van der Waals surface area (Å²) in [6.45, 7) is 3.16. The number of pyridine rings is 1. The number of carboxylic acid groups (broad SMARTS) is 1. The first-order valence-electron chi connectivity index (χ1n) is 6.59. The first kappa shape index (κ1) is 14.0. The van der Waals surface area contributed by atoms with Gasteiger partial charge in [-0.15, -0.1) is 0 Å². The average molecular weight is 264 g/mol. The van der Waals surface area contributed by atoms with Gasteiger partial charge in [-0.25, -0.2) is 9.78 Å². The van der Waals surface area contributed by atoms with Crippen molar-refractivity contribution in [3.05, 3.63) is 29.6 Å². The van der Waals surface area contributed by atoms with Gasteiger partial charge in [-0.2, -0.15) is 0 Å². The average Bonchev–Trinajstić information content (AvgIpc) is 3.19. The van der Waals surface area contributed by atoms with Crippen LogP contribution in [0.3, 0.4) is 0 Å². The van der Waals surface area contributed by atoms with E-state index in [9.17, 15) is 4.79 Å². The van der Waals surface area contributed by atoms with Crippen LogP contribution < -0.4 is 0 Å². The van der Waals surface area contributed by atoms with Gasteiger partial charge < -0.3 is 9.84 Å². The number of carbonyl (C=O) groups is 1. The zero-order valence-electron chi connectivity index (χ0n) is 11.2. The van der Waals surface area contributed by atoms with Crippen molar-refractivity contribution in [2.75, 3.05) is 26.8 Å². The highest BCUT2D eigenvalue weighted by molar-refractivity contribution is 5.85. The summed E-state index contributed by atoms with van der Waals surface area (Å²) in [5.41, 5.74) is 1.05. The van der Waals surface area contributed by atoms with E-state index in [1.807, 2.05) is 13.1 Å². The molecule has 0 spiro atoms. The molecule has 0 aromatic carbocycles. The maximum absolute atomic E-state index is 10.8. The van der Waals surface area contributed by atoms with Gasteiger partial charge >= 0.3 is 5.97 Å². The minimum absolute atomic E-state index is 0.0934. The van der Waals surface area contributed by atoms with E-state index >= 15 is 0 Å². The van der Waals surface area contributed by atoms with Crippen molar-refractivity contribution < 1.29 is 14.6 Å². The molecule has 1 fully saturated rings. The fourth-order valence-electron chi connectivity index (χ4n) is 1.84. The van der Waals surface area contributed by atoms with Gasteiger partial charge in [0.05, 0.1) is 6.61 Å². The van der Waals surface area contributed by atoms with E-state index in [0.29, 0.717) is 6.54 Å². The Hall–Kier alpha value is -1.46. The Labute approximate surface area is 113 Å². The van der Waals surface area contributed by atoms with E-state index in [-0.39, 0.29) is 5.69 Å². The molecule has 5 nitrogen and oxygen atoms in total. The quantitative estimate of drug-likeness (QED) is 0.723. The SMILES string of the molecule is CN(CCOCC1CC1)Cc1ccnc(C(=O)O)c1. The molecule has 1 aliphatic carbocycles. The number of hydrogen-bond acceptors (Lipinski definition) is 4. The van der Waals surface area contributed by atoms with Crippen molar-refractivity contribution in [3.63, 3.8) is 0 Å². The summed E-state index contributed by atoms with van der Waals surface area (Å²) in [5.74, 6) is -0.194. The van der Waals surface area contributed by atoms with Crippen molar-refractivity contribution in [1.29, 1.82) is 0 Å². The van der Waals surface area contributed by atoms with Crippen molar-refractivity contribution >= 4 is 5.97 Å². The molecule has 1 N–H and O–H groups in total. The van der Waals surface area contributed by atoms with E-state index in [2.05, 4.69) is 9.88 Å². The van der Waals surface area contributed by atoms with Gasteiger partial charge in [-0.1, -0.05) is 0 Å². The third-order valence-electron chi connectivity index (χ3n) is 3.16. The van der Waals surface area contributed by atoms with Crippen LogP contribution in [0.4, 0.5) is 0 Å². The van der Waals surface area contributed by atoms with E-state index < -0.39 is 5.97 Å². The lowest BCUT2D eigenvalue weighted by Gasteiger charge is -2.16. The highest BCUT2D eigenvalue weighted by Crippen LogP contribution is 2.28. The Morgan fingerprint density at radius 3 is 3.05 bits per heavy atom. The van der Waals surface area contributed by atoms with Crippen LogP contribution in [-0.2, 0) is 11.3 Å². The number of nitrogens with zero attached hydrogens (tertiary/aromatic N) is 2. The molecule has 0 saturated heterocycles. The van der Waals surface area contributed by atoms with E-state index in [0.717, 1.165) is 31.2 Å². The predicted molar refractivity (Wildman–Crippen MR) is 71.1 cm³/mol. The lowest BCUT2D eigenvalue weighted by atomic mass is 10.2. The second-order valence-electron chi connectivity index (χ2n) is 5.11. The number of likely N-dealkylation sites (N-methyl/N-ethyl adjacent to an activating group) is 1. The predicted octanol–water partition coefficient (Wildman–Crippen LogP) is 1.64. The fourth-order valence-corrected chi connectivity index (χ4v) is 1.84. The van der Waals surface area contributed by atoms with Crippen molar-refractivity contribution in [1.82, 2.24) is 9.88 Å². The van der Waals surface area contributed by atoms with Crippen LogP contribution in [0.25, 0.3) is 0 Å². The van der Waals surface area contributed by atoms with Crippen LogP contribution in [-0.4, -0.2) is 47.8 Å². The lowest BCUT2D eigenvalue weighted by Crippen LogP contribution is -2.23. The summed E-state index contributed by atoms with van der Waals surface area (Å²) in [7, 11) is 2.00. The molecule has 1 saturated carbocycles. The van der Waals surface area contributed by atoms with Gasteiger partial charge in [0.25, 0.3) is 0 Å². The summed E-state index contributed by atoms with van der Waals surface area (Å²) in [6, 6.07) is 3.46. The van der Waals surface area contributed by atoms with E-state index in [1.54, 1.807) is 6.07 Å². The molecule has 0 amide bonds. The third kappa shape index (κ3) is 4.96. The smallest absolute Gasteiger partial charge is 0.354 e. The zero-order valence-corrected chi connectivity index (χ0v) is 11.2. The molecule has 5 heteroatoms. The number of aromatic nitrogens is 1. The minimum Gasteiger partial charge on any atom is -0.477 e. The lowest BCUT2D eigenvalue weighted by molar-refractivity contribution is 0.0690. The monoisotopic (exact) mass is 264 g/mol. The standard InChI is InChI=1S/C14H20N2O3/c1-16(6-7-19-10-11-2-3-11)9-12-4-5-15-13(8-12)14(17)18/h4-5,8,11H,2-3,6-7,9-10H2,1H3,(H,17,18). The number of aromatic carboxylic acids is 1. The first-order chi connectivity index (χ1) is 9.15. The highest BCUT2D eigenvalue weighted by Gasteiger charge is 2.20. The number of carboxylic acids is 1. The van der Waals surface area contributed by atoms with Crippen molar-refractivity contribution in [2.24, 2.45) is 5.92 Å². The summed E-state index contributed by atoms with van der Waals surface area (Å²) < 4.78 is 5.58. The highest BCUT2D eigenvalue weighted by atomic mass is 16.5.